The number of nitriles is 1. The van der Waals surface area contributed by atoms with Crippen LogP contribution in [0, 0.1) is 23.0 Å². The maximum Gasteiger partial charge on any atom is 0.252 e. The van der Waals surface area contributed by atoms with Gasteiger partial charge in [-0.1, -0.05) is 11.6 Å². The molecule has 0 N–H and O–H groups in total. The minimum Gasteiger partial charge on any atom is -0.364 e. The van der Waals surface area contributed by atoms with Crippen LogP contribution in [0.1, 0.15) is 31.1 Å². The van der Waals surface area contributed by atoms with Crippen molar-refractivity contribution in [3.05, 3.63) is 68.6 Å². The van der Waals surface area contributed by atoms with Crippen LogP contribution < -0.4 is 10.5 Å². The first-order valence-corrected chi connectivity index (χ1v) is 10.6. The van der Waals surface area contributed by atoms with E-state index < -0.39 is 11.6 Å². The number of pyridine rings is 2. The largest absolute Gasteiger partial charge is 0.364 e. The summed E-state index contributed by atoms with van der Waals surface area (Å²) in [4.78, 5) is 21.3. The third kappa shape index (κ3) is 3.83. The van der Waals surface area contributed by atoms with Crippen molar-refractivity contribution in [3.8, 4) is 6.07 Å². The molecular weight excluding hydrogens is 436 g/mol. The number of halogens is 3. The van der Waals surface area contributed by atoms with E-state index in [4.69, 9.17) is 11.6 Å². The summed E-state index contributed by atoms with van der Waals surface area (Å²) in [5, 5.41) is 9.47. The van der Waals surface area contributed by atoms with E-state index in [1.54, 1.807) is 25.2 Å². The monoisotopic (exact) mass is 457 g/mol. The number of benzene rings is 1. The molecule has 0 spiro atoms. The van der Waals surface area contributed by atoms with E-state index in [1.165, 1.54) is 4.57 Å². The first-order chi connectivity index (χ1) is 15.2. The first-order valence-electron chi connectivity index (χ1n) is 10.3. The fraction of sp³-hybridized carbons (Fsp3) is 0.348. The van der Waals surface area contributed by atoms with Gasteiger partial charge in [-0.25, -0.2) is 13.8 Å². The van der Waals surface area contributed by atoms with Gasteiger partial charge in [-0.05, 0) is 43.7 Å². The number of anilines is 1. The predicted octanol–water partition coefficient (Wildman–Crippen LogP) is 4.01. The molecule has 9 heteroatoms. The highest BCUT2D eigenvalue weighted by Crippen LogP contribution is 2.33. The molecule has 1 aromatic carbocycles. The van der Waals surface area contributed by atoms with Crippen LogP contribution >= 0.6 is 11.6 Å². The summed E-state index contributed by atoms with van der Waals surface area (Å²) < 4.78 is 28.8. The number of fused-ring (bicyclic) bond motifs is 1. The predicted molar refractivity (Wildman–Crippen MR) is 120 cm³/mol. The zero-order valence-electron chi connectivity index (χ0n) is 17.9. The fourth-order valence-electron chi connectivity index (χ4n) is 4.34. The average Bonchev–Trinajstić information content (AvgIpc) is 2.78. The van der Waals surface area contributed by atoms with Crippen molar-refractivity contribution < 1.29 is 8.78 Å². The van der Waals surface area contributed by atoms with Crippen molar-refractivity contribution in [1.29, 1.82) is 5.26 Å². The highest BCUT2D eigenvalue weighted by molar-refractivity contribution is 6.31. The number of aryl methyl sites for hydroxylation is 1. The van der Waals surface area contributed by atoms with Gasteiger partial charge >= 0.3 is 0 Å². The second kappa shape index (κ2) is 8.49. The summed E-state index contributed by atoms with van der Waals surface area (Å²) in [6, 6.07) is 8.88. The Bertz CT molecular complexity index is 1300. The Labute approximate surface area is 189 Å². The second-order valence-corrected chi connectivity index (χ2v) is 8.51. The van der Waals surface area contributed by atoms with Crippen LogP contribution in [-0.4, -0.2) is 40.1 Å². The molecule has 1 saturated heterocycles. The topological polar surface area (TPSA) is 65.2 Å². The Morgan fingerprint density at radius 3 is 2.62 bits per heavy atom. The lowest BCUT2D eigenvalue weighted by atomic mass is 10.0. The van der Waals surface area contributed by atoms with Crippen molar-refractivity contribution in [3.63, 3.8) is 0 Å². The third-order valence-corrected chi connectivity index (χ3v) is 6.52. The maximum atomic E-state index is 13.8. The molecule has 1 fully saturated rings. The maximum absolute atomic E-state index is 13.8. The molecule has 166 valence electrons. The van der Waals surface area contributed by atoms with E-state index in [0.717, 1.165) is 12.1 Å². The SMILES string of the molecule is CC(c1cc(F)c(F)cc1Cl)N1CCN(c2cc(=O)n(C)c3ccc(C#N)nc23)[C@@H](C)C1. The highest BCUT2D eigenvalue weighted by atomic mass is 35.5. The Kier molecular flexibility index (Phi) is 5.89. The van der Waals surface area contributed by atoms with Gasteiger partial charge in [-0.3, -0.25) is 9.69 Å². The van der Waals surface area contributed by atoms with Gasteiger partial charge in [0, 0.05) is 49.9 Å². The van der Waals surface area contributed by atoms with Gasteiger partial charge in [-0.2, -0.15) is 5.26 Å². The van der Waals surface area contributed by atoms with Crippen LogP contribution in [0.2, 0.25) is 5.02 Å². The lowest BCUT2D eigenvalue weighted by molar-refractivity contribution is 0.175. The molecule has 6 nitrogen and oxygen atoms in total. The van der Waals surface area contributed by atoms with Crippen molar-refractivity contribution in [2.75, 3.05) is 24.5 Å². The van der Waals surface area contributed by atoms with E-state index in [1.807, 2.05) is 13.8 Å². The van der Waals surface area contributed by atoms with Gasteiger partial charge < -0.3 is 9.47 Å². The number of rotatable bonds is 3. The number of hydrogen-bond donors (Lipinski definition) is 0. The van der Waals surface area contributed by atoms with Gasteiger partial charge in [0.15, 0.2) is 11.6 Å². The van der Waals surface area contributed by atoms with E-state index in [0.29, 0.717) is 41.9 Å². The smallest absolute Gasteiger partial charge is 0.252 e. The Morgan fingerprint density at radius 2 is 1.94 bits per heavy atom. The summed E-state index contributed by atoms with van der Waals surface area (Å²) in [7, 11) is 1.68. The summed E-state index contributed by atoms with van der Waals surface area (Å²) in [6.45, 7) is 5.77. The van der Waals surface area contributed by atoms with Crippen LogP contribution in [0.5, 0.6) is 0 Å². The lowest BCUT2D eigenvalue weighted by Crippen LogP contribution is -2.53. The number of nitrogens with zero attached hydrogens (tertiary/aromatic N) is 5. The molecule has 0 radical (unpaired) electrons. The van der Waals surface area contributed by atoms with Crippen molar-refractivity contribution >= 4 is 28.3 Å². The Hall–Kier alpha value is -3.02. The molecule has 32 heavy (non-hydrogen) atoms. The molecule has 3 heterocycles. The lowest BCUT2D eigenvalue weighted by Gasteiger charge is -2.44. The zero-order valence-corrected chi connectivity index (χ0v) is 18.7. The normalized spacial score (nSPS) is 18.0. The molecule has 0 saturated carbocycles. The highest BCUT2D eigenvalue weighted by Gasteiger charge is 2.30. The molecular formula is C23H22ClF2N5O. The molecule has 2 aromatic heterocycles. The van der Waals surface area contributed by atoms with Gasteiger partial charge in [0.1, 0.15) is 17.3 Å². The minimum atomic E-state index is -0.967. The van der Waals surface area contributed by atoms with Crippen LogP contribution in [0.3, 0.4) is 0 Å². The van der Waals surface area contributed by atoms with Crippen molar-refractivity contribution in [2.45, 2.75) is 25.9 Å². The third-order valence-electron chi connectivity index (χ3n) is 6.19. The molecule has 1 unspecified atom stereocenters. The van der Waals surface area contributed by atoms with Crippen LogP contribution in [0.25, 0.3) is 11.0 Å². The van der Waals surface area contributed by atoms with Gasteiger partial charge in [-0.15, -0.1) is 0 Å². The van der Waals surface area contributed by atoms with E-state index in [9.17, 15) is 18.8 Å². The quantitative estimate of drug-likeness (QED) is 0.556. The first kappa shape index (κ1) is 22.2. The Balaban J connectivity index is 1.65. The van der Waals surface area contributed by atoms with Crippen molar-refractivity contribution in [1.82, 2.24) is 14.5 Å². The average molecular weight is 458 g/mol. The summed E-state index contributed by atoms with van der Waals surface area (Å²) >= 11 is 6.19. The van der Waals surface area contributed by atoms with E-state index >= 15 is 0 Å². The summed E-state index contributed by atoms with van der Waals surface area (Å²) in [5.74, 6) is -1.89. The molecule has 0 bridgehead atoms. The molecule has 1 aliphatic heterocycles. The molecule has 4 rings (SSSR count). The summed E-state index contributed by atoms with van der Waals surface area (Å²) in [6.07, 6.45) is 0. The van der Waals surface area contributed by atoms with Gasteiger partial charge in [0.25, 0.3) is 5.56 Å². The molecule has 3 aromatic rings. The van der Waals surface area contributed by atoms with Crippen LogP contribution in [0.4, 0.5) is 14.5 Å². The van der Waals surface area contributed by atoms with Crippen LogP contribution in [0.15, 0.2) is 35.1 Å². The molecule has 0 aliphatic carbocycles. The Morgan fingerprint density at radius 1 is 1.22 bits per heavy atom. The minimum absolute atomic E-state index is 0.00174. The standard InChI is InChI=1S/C23H22ClF2N5O/c1-13-12-30(14(2)16-8-18(25)19(26)9-17(16)24)6-7-31(13)21-10-22(32)29(3)20-5-4-15(11-27)28-23(20)21/h4-5,8-10,13-14H,6-7,12H2,1-3H3/t13-,14?/m0/s1. The van der Waals surface area contributed by atoms with Gasteiger partial charge in [0.2, 0.25) is 0 Å². The molecule has 0 amide bonds. The number of aromatic nitrogens is 2. The fourth-order valence-corrected chi connectivity index (χ4v) is 4.65. The van der Waals surface area contributed by atoms with E-state index in [-0.39, 0.29) is 28.4 Å². The van der Waals surface area contributed by atoms with Crippen molar-refractivity contribution in [2.24, 2.45) is 7.05 Å². The summed E-state index contributed by atoms with van der Waals surface area (Å²) in [5.41, 5.74) is 2.60. The molecule has 1 aliphatic rings. The number of hydrogen-bond acceptors (Lipinski definition) is 5. The molecule has 2 atom stereocenters. The second-order valence-electron chi connectivity index (χ2n) is 8.10. The number of piperazine rings is 1. The van der Waals surface area contributed by atoms with E-state index in [2.05, 4.69) is 20.9 Å². The van der Waals surface area contributed by atoms with Crippen LogP contribution in [-0.2, 0) is 7.05 Å². The zero-order chi connectivity index (χ0) is 23.2. The van der Waals surface area contributed by atoms with Gasteiger partial charge in [0.05, 0.1) is 11.2 Å².